The van der Waals surface area contributed by atoms with Gasteiger partial charge >= 0.3 is 29.8 Å². The van der Waals surface area contributed by atoms with Crippen molar-refractivity contribution in [3.63, 3.8) is 0 Å². The highest BCUT2D eigenvalue weighted by Gasteiger charge is 2.76. The summed E-state index contributed by atoms with van der Waals surface area (Å²) < 4.78 is 29.2. The predicted molar refractivity (Wildman–Crippen MR) is 154 cm³/mol. The van der Waals surface area contributed by atoms with Crippen molar-refractivity contribution in [2.45, 2.75) is 123 Å². The Hall–Kier alpha value is -3.51. The van der Waals surface area contributed by atoms with Crippen LogP contribution in [0, 0.1) is 11.8 Å². The molecular formula is C32H44O12. The number of carbonyl (C=O) groups excluding carboxylic acids is 5. The van der Waals surface area contributed by atoms with E-state index in [9.17, 15) is 34.2 Å². The van der Waals surface area contributed by atoms with E-state index >= 15 is 0 Å². The third kappa shape index (κ3) is 5.69. The number of esters is 5. The SMILES string of the molecule is C/C=C(/C)C(=O)O[C@@H]1[C@H]2C(=C(C)[C@@H]1OC(=O)/C(C)=C\C)[C@@H]1OC(=O)[C@@](C)(O)[C@@]1(O)[C@@H](OC(=O)[C@@H](C)CC)C[C@]2(C)OC(C)=O. The van der Waals surface area contributed by atoms with Gasteiger partial charge in [0.1, 0.15) is 11.7 Å². The first-order valence-corrected chi connectivity index (χ1v) is 14.8. The molecule has 0 bridgehead atoms. The molecule has 244 valence electrons. The molecule has 3 rings (SSSR count). The van der Waals surface area contributed by atoms with Gasteiger partial charge in [0.15, 0.2) is 29.5 Å². The van der Waals surface area contributed by atoms with Crippen molar-refractivity contribution in [3.8, 4) is 0 Å². The van der Waals surface area contributed by atoms with E-state index in [1.165, 1.54) is 32.9 Å². The van der Waals surface area contributed by atoms with Gasteiger partial charge in [-0.25, -0.2) is 14.4 Å². The number of ether oxygens (including phenoxy) is 5. The van der Waals surface area contributed by atoms with Gasteiger partial charge in [0, 0.05) is 24.5 Å². The minimum atomic E-state index is -2.60. The first-order chi connectivity index (χ1) is 20.3. The molecule has 1 aliphatic heterocycles. The topological polar surface area (TPSA) is 172 Å². The normalized spacial score (nSPS) is 36.0. The second-order valence-electron chi connectivity index (χ2n) is 12.3. The Morgan fingerprint density at radius 3 is 2.05 bits per heavy atom. The van der Waals surface area contributed by atoms with Crippen molar-refractivity contribution < 1.29 is 57.9 Å². The predicted octanol–water partition coefficient (Wildman–Crippen LogP) is 2.78. The Bertz CT molecular complexity index is 1320. The summed E-state index contributed by atoms with van der Waals surface area (Å²) in [7, 11) is 0. The van der Waals surface area contributed by atoms with Crippen LogP contribution in [0.2, 0.25) is 0 Å². The number of aliphatic hydroxyl groups is 2. The van der Waals surface area contributed by atoms with Crippen molar-refractivity contribution >= 4 is 29.8 Å². The Balaban J connectivity index is 2.37. The average molecular weight is 621 g/mol. The zero-order chi connectivity index (χ0) is 33.5. The van der Waals surface area contributed by atoms with Crippen LogP contribution in [0.1, 0.15) is 82.1 Å². The summed E-state index contributed by atoms with van der Waals surface area (Å²) >= 11 is 0. The number of carbonyl (C=O) groups is 5. The smallest absolute Gasteiger partial charge is 0.341 e. The zero-order valence-corrected chi connectivity index (χ0v) is 27.0. The van der Waals surface area contributed by atoms with Crippen LogP contribution in [0.3, 0.4) is 0 Å². The molecule has 0 aromatic rings. The van der Waals surface area contributed by atoms with Crippen LogP contribution in [-0.4, -0.2) is 81.3 Å². The van der Waals surface area contributed by atoms with Gasteiger partial charge in [-0.1, -0.05) is 26.0 Å². The van der Waals surface area contributed by atoms with Crippen LogP contribution < -0.4 is 0 Å². The lowest BCUT2D eigenvalue weighted by Crippen LogP contribution is -2.64. The van der Waals surface area contributed by atoms with E-state index in [0.717, 1.165) is 13.8 Å². The lowest BCUT2D eigenvalue weighted by atomic mass is 9.75. The standard InChI is InChI=1S/C32H44O12/c1-11-15(4)26(34)40-20-14-30(9,44-19(8)33)22-21(25-32(20,39)31(10,38)29(37)43-25)18(7)23(41-27(35)16(5)12-2)24(22)42-28(36)17(6)13-3/h12-13,15,20,22-25,38-39H,11,14H2,1-10H3/b16-12-,17-13-/t15-,20-,22+,23-,24+,25-,30-,31+,32+/m0/s1. The summed E-state index contributed by atoms with van der Waals surface area (Å²) in [5.74, 6) is -5.93. The summed E-state index contributed by atoms with van der Waals surface area (Å²) in [5, 5.41) is 23.9. The van der Waals surface area contributed by atoms with Gasteiger partial charge in [0.05, 0.1) is 11.8 Å². The summed E-state index contributed by atoms with van der Waals surface area (Å²) in [6, 6.07) is 0. The van der Waals surface area contributed by atoms with Crippen LogP contribution in [-0.2, 0) is 47.7 Å². The molecule has 1 saturated heterocycles. The Labute approximate surface area is 257 Å². The molecule has 0 spiro atoms. The second-order valence-corrected chi connectivity index (χ2v) is 12.3. The van der Waals surface area contributed by atoms with Crippen molar-refractivity contribution in [3.05, 3.63) is 34.4 Å². The van der Waals surface area contributed by atoms with Crippen LogP contribution in [0.25, 0.3) is 0 Å². The minimum absolute atomic E-state index is 0.108. The van der Waals surface area contributed by atoms with Crippen molar-refractivity contribution in [1.82, 2.24) is 0 Å². The fraction of sp³-hybridized carbons (Fsp3) is 0.656. The molecule has 1 heterocycles. The number of hydrogen-bond acceptors (Lipinski definition) is 12. The minimum Gasteiger partial charge on any atom is -0.459 e. The second kappa shape index (κ2) is 12.5. The van der Waals surface area contributed by atoms with E-state index in [0.29, 0.717) is 6.42 Å². The molecule has 3 aliphatic rings. The van der Waals surface area contributed by atoms with Gasteiger partial charge in [0.25, 0.3) is 0 Å². The van der Waals surface area contributed by atoms with Gasteiger partial charge < -0.3 is 33.9 Å². The maximum atomic E-state index is 13.2. The number of rotatable bonds is 8. The van der Waals surface area contributed by atoms with Gasteiger partial charge in [-0.15, -0.1) is 0 Å². The quantitative estimate of drug-likeness (QED) is 0.176. The first kappa shape index (κ1) is 35.0. The molecule has 0 radical (unpaired) electrons. The Morgan fingerprint density at radius 2 is 1.55 bits per heavy atom. The average Bonchev–Trinajstić information content (AvgIpc) is 3.29. The van der Waals surface area contributed by atoms with Crippen molar-refractivity contribution in [2.75, 3.05) is 0 Å². The molecule has 44 heavy (non-hydrogen) atoms. The monoisotopic (exact) mass is 620 g/mol. The summed E-state index contributed by atoms with van der Waals surface area (Å²) in [6.07, 6.45) is -2.90. The molecule has 0 aromatic heterocycles. The Kier molecular flexibility index (Phi) is 9.91. The summed E-state index contributed by atoms with van der Waals surface area (Å²) in [4.78, 5) is 65.1. The number of allylic oxidation sites excluding steroid dienone is 2. The highest BCUT2D eigenvalue weighted by atomic mass is 16.6. The number of fused-ring (bicyclic) bond motifs is 3. The van der Waals surface area contributed by atoms with Crippen molar-refractivity contribution in [1.29, 1.82) is 0 Å². The van der Waals surface area contributed by atoms with Gasteiger partial charge in [-0.3, -0.25) is 9.59 Å². The highest BCUT2D eigenvalue weighted by Crippen LogP contribution is 2.57. The molecule has 9 atom stereocenters. The van der Waals surface area contributed by atoms with E-state index in [4.69, 9.17) is 23.7 Å². The molecule has 1 saturated carbocycles. The van der Waals surface area contributed by atoms with E-state index in [2.05, 4.69) is 0 Å². The zero-order valence-electron chi connectivity index (χ0n) is 27.0. The maximum absolute atomic E-state index is 13.2. The first-order valence-electron chi connectivity index (χ1n) is 14.8. The van der Waals surface area contributed by atoms with Crippen LogP contribution in [0.15, 0.2) is 34.4 Å². The molecule has 0 amide bonds. The molecule has 2 fully saturated rings. The molecule has 12 heteroatoms. The maximum Gasteiger partial charge on any atom is 0.341 e. The van der Waals surface area contributed by atoms with Crippen LogP contribution in [0.5, 0.6) is 0 Å². The van der Waals surface area contributed by atoms with E-state index in [1.54, 1.807) is 34.6 Å². The molecular weight excluding hydrogens is 576 g/mol. The summed E-state index contributed by atoms with van der Waals surface area (Å²) in [5.41, 5.74) is -6.05. The summed E-state index contributed by atoms with van der Waals surface area (Å²) in [6.45, 7) is 15.0. The van der Waals surface area contributed by atoms with E-state index in [1.807, 2.05) is 0 Å². The fourth-order valence-electron chi connectivity index (χ4n) is 6.15. The van der Waals surface area contributed by atoms with Crippen molar-refractivity contribution in [2.24, 2.45) is 11.8 Å². The largest absolute Gasteiger partial charge is 0.459 e. The van der Waals surface area contributed by atoms with Gasteiger partial charge in [-0.05, 0) is 66.0 Å². The molecule has 0 unspecified atom stereocenters. The third-order valence-corrected chi connectivity index (χ3v) is 9.31. The van der Waals surface area contributed by atoms with Gasteiger partial charge in [-0.2, -0.15) is 0 Å². The lowest BCUT2D eigenvalue weighted by molar-refractivity contribution is -0.213. The molecule has 2 aliphatic carbocycles. The molecule has 2 N–H and O–H groups in total. The van der Waals surface area contributed by atoms with Crippen LogP contribution in [0.4, 0.5) is 0 Å². The number of hydrogen-bond donors (Lipinski definition) is 2. The van der Waals surface area contributed by atoms with Crippen LogP contribution >= 0.6 is 0 Å². The Morgan fingerprint density at radius 1 is 1.00 bits per heavy atom. The molecule has 0 aromatic carbocycles. The fourth-order valence-corrected chi connectivity index (χ4v) is 6.15. The third-order valence-electron chi connectivity index (χ3n) is 9.31. The highest BCUT2D eigenvalue weighted by molar-refractivity contribution is 5.89. The lowest BCUT2D eigenvalue weighted by Gasteiger charge is -2.42. The van der Waals surface area contributed by atoms with E-state index in [-0.39, 0.29) is 22.3 Å². The van der Waals surface area contributed by atoms with Gasteiger partial charge in [0.2, 0.25) is 0 Å². The molecule has 12 nitrogen and oxygen atoms in total. The van der Waals surface area contributed by atoms with E-state index < -0.39 is 89.3 Å².